The summed E-state index contributed by atoms with van der Waals surface area (Å²) in [5.41, 5.74) is 1.11. The van der Waals surface area contributed by atoms with Gasteiger partial charge in [0.2, 0.25) is 0 Å². The second kappa shape index (κ2) is 5.55. The minimum atomic E-state index is -0.825. The van der Waals surface area contributed by atoms with Gasteiger partial charge in [-0.15, -0.1) is 0 Å². The highest BCUT2D eigenvalue weighted by atomic mass is 16.3. The maximum atomic E-state index is 9.71. The number of rotatable bonds is 3. The zero-order valence-electron chi connectivity index (χ0n) is 9.61. The number of nitrogens with zero attached hydrogens (tertiary/aromatic N) is 2. The fourth-order valence-corrected chi connectivity index (χ4v) is 2.24. The summed E-state index contributed by atoms with van der Waals surface area (Å²) in [7, 11) is 0. The molecule has 5 nitrogen and oxygen atoms in total. The number of pyridine rings is 1. The summed E-state index contributed by atoms with van der Waals surface area (Å²) in [5.74, 6) is -0.277. The van der Waals surface area contributed by atoms with Crippen LogP contribution in [0.25, 0.3) is 0 Å². The lowest BCUT2D eigenvalue weighted by Crippen LogP contribution is -2.53. The molecule has 5 heteroatoms. The third-order valence-electron chi connectivity index (χ3n) is 3.21. The van der Waals surface area contributed by atoms with E-state index in [0.717, 1.165) is 5.56 Å². The van der Waals surface area contributed by atoms with Crippen LogP contribution in [0.4, 0.5) is 0 Å². The third-order valence-corrected chi connectivity index (χ3v) is 3.21. The van der Waals surface area contributed by atoms with Gasteiger partial charge in [-0.25, -0.2) is 0 Å². The average molecular weight is 238 g/mol. The van der Waals surface area contributed by atoms with Gasteiger partial charge >= 0.3 is 0 Å². The van der Waals surface area contributed by atoms with Crippen molar-refractivity contribution in [2.45, 2.75) is 18.8 Å². The zero-order chi connectivity index (χ0) is 12.3. The van der Waals surface area contributed by atoms with Crippen LogP contribution in [0.15, 0.2) is 24.5 Å². The molecule has 0 amide bonds. The van der Waals surface area contributed by atoms with E-state index in [9.17, 15) is 10.2 Å². The van der Waals surface area contributed by atoms with Crippen LogP contribution in [-0.2, 0) is 6.54 Å². The molecule has 0 aromatic carbocycles. The molecular weight excluding hydrogens is 220 g/mol. The Morgan fingerprint density at radius 1 is 1.24 bits per heavy atom. The van der Waals surface area contributed by atoms with E-state index in [1.807, 2.05) is 17.0 Å². The minimum Gasteiger partial charge on any atom is -0.396 e. The summed E-state index contributed by atoms with van der Waals surface area (Å²) in [6, 6.07) is 3.84. The van der Waals surface area contributed by atoms with Gasteiger partial charge < -0.3 is 15.3 Å². The summed E-state index contributed by atoms with van der Waals surface area (Å²) in [6.07, 6.45) is 1.85. The highest BCUT2D eigenvalue weighted by molar-refractivity contribution is 5.09. The Kier molecular flexibility index (Phi) is 4.06. The molecular formula is C12H18N2O3. The van der Waals surface area contributed by atoms with Gasteiger partial charge in [0.1, 0.15) is 0 Å². The number of hydrogen-bond donors (Lipinski definition) is 3. The summed E-state index contributed by atoms with van der Waals surface area (Å²) >= 11 is 0. The second-order valence-corrected chi connectivity index (χ2v) is 4.55. The van der Waals surface area contributed by atoms with Gasteiger partial charge in [-0.2, -0.15) is 0 Å². The summed E-state index contributed by atoms with van der Waals surface area (Å²) in [6.45, 7) is 1.62. The van der Waals surface area contributed by atoms with E-state index in [1.54, 1.807) is 12.4 Å². The van der Waals surface area contributed by atoms with Crippen LogP contribution in [0, 0.1) is 5.92 Å². The summed E-state index contributed by atoms with van der Waals surface area (Å²) in [5, 5.41) is 28.5. The van der Waals surface area contributed by atoms with E-state index < -0.39 is 12.2 Å². The normalized spacial score (nSPS) is 30.4. The first kappa shape index (κ1) is 12.4. The number of aromatic nitrogens is 1. The largest absolute Gasteiger partial charge is 0.396 e. The minimum absolute atomic E-state index is 0.106. The Balaban J connectivity index is 1.98. The number of piperidine rings is 1. The lowest BCUT2D eigenvalue weighted by atomic mass is 9.93. The molecule has 3 N–H and O–H groups in total. The molecule has 0 bridgehead atoms. The predicted octanol–water partition coefficient (Wildman–Crippen LogP) is -0.773. The summed E-state index contributed by atoms with van der Waals surface area (Å²) in [4.78, 5) is 5.98. The van der Waals surface area contributed by atoms with Crippen LogP contribution in [-0.4, -0.2) is 57.1 Å². The van der Waals surface area contributed by atoms with Crippen molar-refractivity contribution in [3.8, 4) is 0 Å². The fraction of sp³-hybridized carbons (Fsp3) is 0.583. The van der Waals surface area contributed by atoms with Crippen molar-refractivity contribution >= 4 is 0 Å². The van der Waals surface area contributed by atoms with Crippen molar-refractivity contribution in [3.63, 3.8) is 0 Å². The van der Waals surface area contributed by atoms with E-state index in [4.69, 9.17) is 5.11 Å². The van der Waals surface area contributed by atoms with E-state index >= 15 is 0 Å². The molecule has 0 saturated carbocycles. The van der Waals surface area contributed by atoms with Crippen LogP contribution >= 0.6 is 0 Å². The number of aliphatic hydroxyl groups is 3. The van der Waals surface area contributed by atoms with Gasteiger partial charge in [0.05, 0.1) is 12.2 Å². The van der Waals surface area contributed by atoms with Gasteiger partial charge in [-0.3, -0.25) is 9.88 Å². The first-order chi connectivity index (χ1) is 8.20. The first-order valence-electron chi connectivity index (χ1n) is 5.79. The van der Waals surface area contributed by atoms with Crippen molar-refractivity contribution in [2.24, 2.45) is 5.92 Å². The van der Waals surface area contributed by atoms with E-state index in [1.165, 1.54) is 0 Å². The first-order valence-corrected chi connectivity index (χ1v) is 5.79. The average Bonchev–Trinajstić information content (AvgIpc) is 2.35. The Morgan fingerprint density at radius 2 is 1.94 bits per heavy atom. The van der Waals surface area contributed by atoms with Gasteiger partial charge in [0.25, 0.3) is 0 Å². The molecule has 0 radical (unpaired) electrons. The van der Waals surface area contributed by atoms with Crippen LogP contribution in [0.1, 0.15) is 5.56 Å². The molecule has 2 rings (SSSR count). The molecule has 1 aromatic rings. The lowest BCUT2D eigenvalue weighted by molar-refractivity contribution is -0.0879. The Morgan fingerprint density at radius 3 is 2.59 bits per heavy atom. The van der Waals surface area contributed by atoms with Gasteiger partial charge in [0, 0.05) is 44.6 Å². The molecule has 3 atom stereocenters. The quantitative estimate of drug-likeness (QED) is 0.644. The number of β-amino-alcohol motifs (C(OH)–C–C–N with tert-alkyl or cyclic N) is 1. The maximum absolute atomic E-state index is 9.71. The molecule has 1 saturated heterocycles. The van der Waals surface area contributed by atoms with Crippen LogP contribution in [0.2, 0.25) is 0 Å². The fourth-order valence-electron chi connectivity index (χ4n) is 2.24. The molecule has 1 aliphatic rings. The molecule has 0 spiro atoms. The van der Waals surface area contributed by atoms with Gasteiger partial charge in [-0.1, -0.05) is 0 Å². The van der Waals surface area contributed by atoms with E-state index in [-0.39, 0.29) is 12.5 Å². The molecule has 17 heavy (non-hydrogen) atoms. The Hall–Kier alpha value is -1.01. The predicted molar refractivity (Wildman–Crippen MR) is 62.1 cm³/mol. The van der Waals surface area contributed by atoms with Crippen LogP contribution in [0.5, 0.6) is 0 Å². The summed E-state index contributed by atoms with van der Waals surface area (Å²) < 4.78 is 0. The van der Waals surface area contributed by atoms with Gasteiger partial charge in [-0.05, 0) is 17.7 Å². The van der Waals surface area contributed by atoms with Crippen molar-refractivity contribution in [1.82, 2.24) is 9.88 Å². The molecule has 1 aromatic heterocycles. The van der Waals surface area contributed by atoms with E-state index in [2.05, 4.69) is 4.98 Å². The monoisotopic (exact) mass is 238 g/mol. The van der Waals surface area contributed by atoms with Crippen LogP contribution in [0.3, 0.4) is 0 Å². The molecule has 94 valence electrons. The van der Waals surface area contributed by atoms with Crippen molar-refractivity contribution < 1.29 is 15.3 Å². The Labute approximate surface area is 100 Å². The van der Waals surface area contributed by atoms with Gasteiger partial charge in [0.15, 0.2) is 0 Å². The SMILES string of the molecule is OC[C@H]1CN(Cc2ccncc2)C[C@@H](O)[C@@H]1O. The molecule has 1 fully saturated rings. The highest BCUT2D eigenvalue weighted by Crippen LogP contribution is 2.19. The molecule has 1 aliphatic heterocycles. The van der Waals surface area contributed by atoms with Crippen LogP contribution < -0.4 is 0 Å². The molecule has 2 heterocycles. The molecule has 0 aliphatic carbocycles. The molecule has 0 unspecified atom stereocenters. The number of hydrogen-bond acceptors (Lipinski definition) is 5. The van der Waals surface area contributed by atoms with E-state index in [0.29, 0.717) is 19.6 Å². The number of likely N-dealkylation sites (tertiary alicyclic amines) is 1. The number of aliphatic hydroxyl groups excluding tert-OH is 3. The third kappa shape index (κ3) is 3.01. The smallest absolute Gasteiger partial charge is 0.0929 e. The zero-order valence-corrected chi connectivity index (χ0v) is 9.61. The maximum Gasteiger partial charge on any atom is 0.0929 e. The van der Waals surface area contributed by atoms with Crippen molar-refractivity contribution in [3.05, 3.63) is 30.1 Å². The van der Waals surface area contributed by atoms with Crippen molar-refractivity contribution in [1.29, 1.82) is 0 Å². The second-order valence-electron chi connectivity index (χ2n) is 4.55. The lowest BCUT2D eigenvalue weighted by Gasteiger charge is -2.38. The highest BCUT2D eigenvalue weighted by Gasteiger charge is 2.33. The topological polar surface area (TPSA) is 76.8 Å². The van der Waals surface area contributed by atoms with Crippen molar-refractivity contribution in [2.75, 3.05) is 19.7 Å². The standard InChI is InChI=1S/C12H18N2O3/c15-8-10-6-14(7-11(16)12(10)17)5-9-1-3-13-4-2-9/h1-4,10-12,15-17H,5-8H2/t10-,11-,12-/m1/s1. The Bertz CT molecular complexity index is 347.